The molecular weight excluding hydrogens is 434 g/mol. The van der Waals surface area contributed by atoms with Crippen LogP contribution in [0.25, 0.3) is 16.9 Å². The summed E-state index contributed by atoms with van der Waals surface area (Å²) in [6, 6.07) is 3.44. The average Bonchev–Trinajstić information content (AvgIpc) is 3.34. The Labute approximate surface area is 196 Å². The summed E-state index contributed by atoms with van der Waals surface area (Å²) in [5.74, 6) is 0.0983. The molecule has 0 aliphatic carbocycles. The van der Waals surface area contributed by atoms with E-state index in [-0.39, 0.29) is 29.6 Å². The van der Waals surface area contributed by atoms with Gasteiger partial charge < -0.3 is 20.8 Å². The summed E-state index contributed by atoms with van der Waals surface area (Å²) in [5, 5.41) is 24.3. The van der Waals surface area contributed by atoms with Gasteiger partial charge in [-0.2, -0.15) is 5.10 Å². The molecule has 4 heterocycles. The van der Waals surface area contributed by atoms with Crippen molar-refractivity contribution in [3.8, 4) is 11.4 Å². The van der Waals surface area contributed by atoms with Gasteiger partial charge in [0, 0.05) is 17.7 Å². The molecule has 1 aliphatic rings. The number of nitrogens with two attached hydrogens (primary N) is 1. The molecule has 10 nitrogen and oxygen atoms in total. The number of hydrogen-bond acceptors (Lipinski definition) is 7. The molecule has 0 unspecified atom stereocenters. The van der Waals surface area contributed by atoms with Crippen molar-refractivity contribution in [1.82, 2.24) is 29.2 Å². The molecule has 0 atom stereocenters. The Bertz CT molecular complexity index is 1450. The molecule has 10 heteroatoms. The Morgan fingerprint density at radius 1 is 1.12 bits per heavy atom. The number of fused-ring (bicyclic) bond motifs is 2. The van der Waals surface area contributed by atoms with Gasteiger partial charge in [-0.3, -0.25) is 14.0 Å². The van der Waals surface area contributed by atoms with E-state index in [0.717, 1.165) is 17.0 Å². The van der Waals surface area contributed by atoms with Gasteiger partial charge in [-0.1, -0.05) is 6.07 Å². The van der Waals surface area contributed by atoms with Gasteiger partial charge in [0.2, 0.25) is 0 Å². The highest BCUT2D eigenvalue weighted by molar-refractivity contribution is 6.10. The number of hydrogen-bond donors (Lipinski definition) is 3. The van der Waals surface area contributed by atoms with Crippen LogP contribution in [0, 0.1) is 27.7 Å². The quantitative estimate of drug-likeness (QED) is 0.426. The van der Waals surface area contributed by atoms with Crippen LogP contribution >= 0.6 is 0 Å². The number of aliphatic hydroxyl groups excluding tert-OH is 1. The molecule has 0 spiro atoms. The largest absolute Gasteiger partial charge is 0.508 e. The summed E-state index contributed by atoms with van der Waals surface area (Å²) >= 11 is 0. The van der Waals surface area contributed by atoms with Gasteiger partial charge in [0.05, 0.1) is 48.7 Å². The summed E-state index contributed by atoms with van der Waals surface area (Å²) in [6.45, 7) is 8.58. The third-order valence-electron chi connectivity index (χ3n) is 6.69. The predicted molar refractivity (Wildman–Crippen MR) is 127 cm³/mol. The molecule has 0 saturated heterocycles. The standard InChI is InChI=1S/C24H27N7O3/c1-12-5-6-18(33)13(2)21(12)31-22(25)19(20-23(31)28-15(4)14(3)27-20)24(34)29-7-8-30-17(10-29)16(11-32)9-26-30/h5-6,9,32-33H,7-8,10-11,25H2,1-4H3. The number of amides is 1. The molecule has 176 valence electrons. The molecule has 1 aliphatic heterocycles. The van der Waals surface area contributed by atoms with Crippen LogP contribution in [0.4, 0.5) is 5.82 Å². The molecule has 0 fully saturated rings. The lowest BCUT2D eigenvalue weighted by Crippen LogP contribution is -2.39. The Hall–Kier alpha value is -3.92. The van der Waals surface area contributed by atoms with E-state index in [2.05, 4.69) is 5.10 Å². The third-order valence-corrected chi connectivity index (χ3v) is 6.69. The zero-order valence-electron chi connectivity index (χ0n) is 19.6. The van der Waals surface area contributed by atoms with Gasteiger partial charge in [-0.05, 0) is 39.3 Å². The molecular formula is C24H27N7O3. The highest BCUT2D eigenvalue weighted by Crippen LogP contribution is 2.36. The van der Waals surface area contributed by atoms with Crippen molar-refractivity contribution in [3.05, 3.63) is 57.7 Å². The van der Waals surface area contributed by atoms with Crippen LogP contribution in [0.3, 0.4) is 0 Å². The number of benzene rings is 1. The molecule has 0 saturated carbocycles. The van der Waals surface area contributed by atoms with Gasteiger partial charge in [-0.15, -0.1) is 0 Å². The molecule has 3 aromatic heterocycles. The Balaban J connectivity index is 1.72. The SMILES string of the molecule is Cc1ccc(O)c(C)c1-n1c(N)c(C(=O)N2CCn3ncc(CO)c3C2)c2nc(C)c(C)nc21. The van der Waals surface area contributed by atoms with Crippen LogP contribution in [0.2, 0.25) is 0 Å². The van der Waals surface area contributed by atoms with Crippen molar-refractivity contribution in [2.24, 2.45) is 0 Å². The van der Waals surface area contributed by atoms with Gasteiger partial charge >= 0.3 is 0 Å². The fourth-order valence-electron chi connectivity index (χ4n) is 4.63. The first-order chi connectivity index (χ1) is 16.2. The van der Waals surface area contributed by atoms with Crippen molar-refractivity contribution in [2.45, 2.75) is 47.4 Å². The highest BCUT2D eigenvalue weighted by atomic mass is 16.3. The number of aryl methyl sites for hydroxylation is 3. The molecule has 4 N–H and O–H groups in total. The number of carbonyl (C=O) groups excluding carboxylic acids is 1. The second-order valence-corrected chi connectivity index (χ2v) is 8.76. The van der Waals surface area contributed by atoms with Crippen molar-refractivity contribution >= 4 is 22.9 Å². The molecule has 1 amide bonds. The average molecular weight is 462 g/mol. The Morgan fingerprint density at radius 2 is 1.85 bits per heavy atom. The smallest absolute Gasteiger partial charge is 0.260 e. The first kappa shape index (κ1) is 21.9. The van der Waals surface area contributed by atoms with E-state index in [1.165, 1.54) is 0 Å². The second-order valence-electron chi connectivity index (χ2n) is 8.76. The maximum atomic E-state index is 13.9. The van der Waals surface area contributed by atoms with E-state index in [0.29, 0.717) is 53.3 Å². The molecule has 0 radical (unpaired) electrons. The van der Waals surface area contributed by atoms with Crippen LogP contribution in [-0.4, -0.2) is 51.9 Å². The number of aromatic nitrogens is 5. The van der Waals surface area contributed by atoms with Gasteiger partial charge in [0.15, 0.2) is 5.65 Å². The summed E-state index contributed by atoms with van der Waals surface area (Å²) in [6.07, 6.45) is 1.63. The zero-order valence-corrected chi connectivity index (χ0v) is 19.6. The van der Waals surface area contributed by atoms with Crippen LogP contribution < -0.4 is 5.73 Å². The van der Waals surface area contributed by atoms with E-state index < -0.39 is 0 Å². The number of anilines is 1. The van der Waals surface area contributed by atoms with E-state index in [9.17, 15) is 15.0 Å². The number of carbonyl (C=O) groups is 1. The van der Waals surface area contributed by atoms with E-state index in [1.54, 1.807) is 34.7 Å². The summed E-state index contributed by atoms with van der Waals surface area (Å²) in [4.78, 5) is 25.0. The maximum Gasteiger partial charge on any atom is 0.260 e. The number of phenols is 1. The minimum Gasteiger partial charge on any atom is -0.508 e. The number of phenolic OH excluding ortho intramolecular Hbond substituents is 1. The van der Waals surface area contributed by atoms with Crippen LogP contribution in [0.15, 0.2) is 18.3 Å². The highest BCUT2D eigenvalue weighted by Gasteiger charge is 2.32. The van der Waals surface area contributed by atoms with Crippen molar-refractivity contribution in [2.75, 3.05) is 12.3 Å². The second kappa shape index (κ2) is 7.84. The number of nitrogen functional groups attached to an aromatic ring is 1. The summed E-state index contributed by atoms with van der Waals surface area (Å²) < 4.78 is 3.54. The van der Waals surface area contributed by atoms with E-state index >= 15 is 0 Å². The zero-order chi connectivity index (χ0) is 24.3. The van der Waals surface area contributed by atoms with Crippen LogP contribution in [-0.2, 0) is 19.7 Å². The molecule has 34 heavy (non-hydrogen) atoms. The minimum atomic E-state index is -0.259. The van der Waals surface area contributed by atoms with Crippen LogP contribution in [0.5, 0.6) is 5.75 Å². The topological polar surface area (TPSA) is 135 Å². The molecule has 4 aromatic rings. The number of aromatic hydroxyl groups is 1. The molecule has 5 rings (SSSR count). The third kappa shape index (κ3) is 3.13. The number of nitrogens with zero attached hydrogens (tertiary/aromatic N) is 6. The lowest BCUT2D eigenvalue weighted by molar-refractivity contribution is 0.0707. The van der Waals surface area contributed by atoms with Crippen molar-refractivity contribution < 1.29 is 15.0 Å². The van der Waals surface area contributed by atoms with Gasteiger partial charge in [-0.25, -0.2) is 9.97 Å². The van der Waals surface area contributed by atoms with Gasteiger partial charge in [0.1, 0.15) is 22.6 Å². The summed E-state index contributed by atoms with van der Waals surface area (Å²) in [7, 11) is 0. The normalized spacial score (nSPS) is 13.5. The minimum absolute atomic E-state index is 0.132. The van der Waals surface area contributed by atoms with E-state index in [4.69, 9.17) is 15.7 Å². The fraction of sp³-hybridized carbons (Fsp3) is 0.333. The van der Waals surface area contributed by atoms with E-state index in [1.807, 2.05) is 25.5 Å². The van der Waals surface area contributed by atoms with Crippen LogP contribution in [0.1, 0.15) is 44.1 Å². The number of aliphatic hydroxyl groups is 1. The molecule has 1 aromatic carbocycles. The summed E-state index contributed by atoms with van der Waals surface area (Å²) in [5.41, 5.74) is 13.0. The lowest BCUT2D eigenvalue weighted by Gasteiger charge is -2.28. The first-order valence-electron chi connectivity index (χ1n) is 11.1. The Kier molecular flexibility index (Phi) is 5.05. The Morgan fingerprint density at radius 3 is 2.59 bits per heavy atom. The lowest BCUT2D eigenvalue weighted by atomic mass is 10.1. The monoisotopic (exact) mass is 461 g/mol. The van der Waals surface area contributed by atoms with Crippen molar-refractivity contribution in [1.29, 1.82) is 0 Å². The predicted octanol–water partition coefficient (Wildman–Crippen LogP) is 2.29. The molecule has 0 bridgehead atoms. The van der Waals surface area contributed by atoms with Crippen molar-refractivity contribution in [3.63, 3.8) is 0 Å². The number of rotatable bonds is 3. The first-order valence-corrected chi connectivity index (χ1v) is 11.1. The maximum absolute atomic E-state index is 13.9. The fourth-order valence-corrected chi connectivity index (χ4v) is 4.63. The van der Waals surface area contributed by atoms with Gasteiger partial charge in [0.25, 0.3) is 5.91 Å².